The summed E-state index contributed by atoms with van der Waals surface area (Å²) in [5.41, 5.74) is 0. The minimum Gasteiger partial charge on any atom is -0.395 e. The Morgan fingerprint density at radius 2 is 2.29 bits per heavy atom. The third-order valence-corrected chi connectivity index (χ3v) is 2.63. The molecule has 0 N–H and O–H groups in total. The Balaban J connectivity index is 2.12. The summed E-state index contributed by atoms with van der Waals surface area (Å²) >= 11 is 0. The van der Waals surface area contributed by atoms with Gasteiger partial charge in [0.05, 0.1) is 0 Å². The lowest BCUT2D eigenvalue weighted by atomic mass is 10.4. The second-order valence-electron chi connectivity index (χ2n) is 1.80. The van der Waals surface area contributed by atoms with Crippen molar-refractivity contribution >= 4 is 9.28 Å². The van der Waals surface area contributed by atoms with Gasteiger partial charge < -0.3 is 4.43 Å². The van der Waals surface area contributed by atoms with Crippen LogP contribution in [0.15, 0.2) is 0 Å². The maximum absolute atomic E-state index is 10.5. The SMILES string of the molecule is [O][SiH]1CCCCO1. The van der Waals surface area contributed by atoms with Crippen molar-refractivity contribution < 1.29 is 9.22 Å². The van der Waals surface area contributed by atoms with E-state index in [1.807, 2.05) is 0 Å². The standard InChI is InChI=1S/C4H9O2Si/c5-7-4-2-1-3-6-7/h7H,1-4H2. The van der Waals surface area contributed by atoms with Crippen molar-refractivity contribution in [2.75, 3.05) is 6.61 Å². The zero-order valence-corrected chi connectivity index (χ0v) is 5.38. The van der Waals surface area contributed by atoms with E-state index in [-0.39, 0.29) is 0 Å². The van der Waals surface area contributed by atoms with Gasteiger partial charge >= 0.3 is 9.28 Å². The fourth-order valence-electron chi connectivity index (χ4n) is 0.711. The van der Waals surface area contributed by atoms with E-state index in [9.17, 15) is 4.80 Å². The van der Waals surface area contributed by atoms with Crippen molar-refractivity contribution in [2.45, 2.75) is 18.9 Å². The van der Waals surface area contributed by atoms with Gasteiger partial charge in [-0.2, -0.15) is 0 Å². The minimum atomic E-state index is -1.84. The molecule has 3 heteroatoms. The van der Waals surface area contributed by atoms with Gasteiger partial charge in [-0.1, -0.05) is 0 Å². The summed E-state index contributed by atoms with van der Waals surface area (Å²) in [7, 11) is -1.84. The molecule has 0 aromatic rings. The molecule has 0 aromatic heterocycles. The Morgan fingerprint density at radius 1 is 1.43 bits per heavy atom. The molecule has 2 nitrogen and oxygen atoms in total. The average molecular weight is 117 g/mol. The van der Waals surface area contributed by atoms with Crippen molar-refractivity contribution in [1.82, 2.24) is 0 Å². The molecule has 0 aromatic carbocycles. The van der Waals surface area contributed by atoms with E-state index in [1.54, 1.807) is 0 Å². The molecule has 0 aliphatic carbocycles. The highest BCUT2D eigenvalue weighted by Gasteiger charge is 2.13. The van der Waals surface area contributed by atoms with Gasteiger partial charge in [0, 0.05) is 6.61 Å². The summed E-state index contributed by atoms with van der Waals surface area (Å²) in [5.74, 6) is 0. The van der Waals surface area contributed by atoms with E-state index >= 15 is 0 Å². The molecule has 1 atom stereocenters. The van der Waals surface area contributed by atoms with Crippen molar-refractivity contribution in [1.29, 1.82) is 0 Å². The molecule has 1 unspecified atom stereocenters. The molecule has 1 aliphatic heterocycles. The average Bonchev–Trinajstić information content (AvgIpc) is 1.69. The molecule has 41 valence electrons. The van der Waals surface area contributed by atoms with Gasteiger partial charge in [0.25, 0.3) is 0 Å². The van der Waals surface area contributed by atoms with Crippen LogP contribution in [0.5, 0.6) is 0 Å². The molecule has 1 radical (unpaired) electrons. The van der Waals surface area contributed by atoms with Crippen molar-refractivity contribution in [3.63, 3.8) is 0 Å². The van der Waals surface area contributed by atoms with Crippen molar-refractivity contribution in [3.05, 3.63) is 0 Å². The third kappa shape index (κ3) is 1.59. The third-order valence-electron chi connectivity index (χ3n) is 1.14. The van der Waals surface area contributed by atoms with Gasteiger partial charge in [-0.25, -0.2) is 0 Å². The Kier molecular flexibility index (Phi) is 1.84. The predicted octanol–water partition coefficient (Wildman–Crippen LogP) is 0.448. The molecule has 1 saturated heterocycles. The Labute approximate surface area is 45.0 Å². The second-order valence-corrected chi connectivity index (χ2v) is 3.57. The lowest BCUT2D eigenvalue weighted by Gasteiger charge is -2.12. The lowest BCUT2D eigenvalue weighted by Crippen LogP contribution is -2.20. The summed E-state index contributed by atoms with van der Waals surface area (Å²) < 4.78 is 4.86. The van der Waals surface area contributed by atoms with Crippen LogP contribution in [0.4, 0.5) is 0 Å². The zero-order chi connectivity index (χ0) is 5.11. The fourth-order valence-corrected chi connectivity index (χ4v) is 1.93. The van der Waals surface area contributed by atoms with E-state index in [1.165, 1.54) is 0 Å². The number of rotatable bonds is 0. The molecule has 0 spiro atoms. The summed E-state index contributed by atoms with van der Waals surface area (Å²) in [4.78, 5) is 10.5. The van der Waals surface area contributed by atoms with Crippen LogP contribution < -0.4 is 0 Å². The topological polar surface area (TPSA) is 29.1 Å². The maximum atomic E-state index is 10.5. The van der Waals surface area contributed by atoms with Gasteiger partial charge in [0.2, 0.25) is 0 Å². The largest absolute Gasteiger partial charge is 0.395 e. The first-order valence-electron chi connectivity index (χ1n) is 2.67. The molecule has 1 fully saturated rings. The molecule has 7 heavy (non-hydrogen) atoms. The van der Waals surface area contributed by atoms with E-state index in [4.69, 9.17) is 4.43 Å². The van der Waals surface area contributed by atoms with Crippen LogP contribution >= 0.6 is 0 Å². The molecule has 1 heterocycles. The monoisotopic (exact) mass is 117 g/mol. The van der Waals surface area contributed by atoms with Crippen LogP contribution in [0, 0.1) is 0 Å². The van der Waals surface area contributed by atoms with E-state index in [0.717, 1.165) is 25.5 Å². The fraction of sp³-hybridized carbons (Fsp3) is 1.00. The molecule has 1 aliphatic rings. The van der Waals surface area contributed by atoms with Gasteiger partial charge in [0.15, 0.2) is 0 Å². The predicted molar refractivity (Wildman–Crippen MR) is 27.8 cm³/mol. The summed E-state index contributed by atoms with van der Waals surface area (Å²) in [6.07, 6.45) is 2.21. The first-order chi connectivity index (χ1) is 3.39. The lowest BCUT2D eigenvalue weighted by molar-refractivity contribution is 0.204. The molecule has 0 saturated carbocycles. The Morgan fingerprint density at radius 3 is 2.57 bits per heavy atom. The normalized spacial score (nSPS) is 33.0. The van der Waals surface area contributed by atoms with Crippen LogP contribution in [0.1, 0.15) is 12.8 Å². The van der Waals surface area contributed by atoms with Gasteiger partial charge in [-0.3, -0.25) is 4.80 Å². The van der Waals surface area contributed by atoms with Crippen LogP contribution in [0.2, 0.25) is 6.04 Å². The van der Waals surface area contributed by atoms with Crippen LogP contribution in [0.3, 0.4) is 0 Å². The summed E-state index contributed by atoms with van der Waals surface area (Å²) in [5, 5.41) is 0. The smallest absolute Gasteiger partial charge is 0.358 e. The maximum Gasteiger partial charge on any atom is 0.358 e. The molecule has 1 rings (SSSR count). The number of hydrogen-bond donors (Lipinski definition) is 0. The van der Waals surface area contributed by atoms with E-state index in [2.05, 4.69) is 0 Å². The molecule has 0 amide bonds. The quantitative estimate of drug-likeness (QED) is 0.423. The highest BCUT2D eigenvalue weighted by molar-refractivity contribution is 6.42. The highest BCUT2D eigenvalue weighted by atomic mass is 28.3. The van der Waals surface area contributed by atoms with Crippen molar-refractivity contribution in [3.8, 4) is 0 Å². The van der Waals surface area contributed by atoms with Gasteiger partial charge in [-0.05, 0) is 18.9 Å². The first kappa shape index (κ1) is 5.28. The number of hydrogen-bond acceptors (Lipinski definition) is 1. The highest BCUT2D eigenvalue weighted by Crippen LogP contribution is 2.07. The first-order valence-corrected chi connectivity index (χ1v) is 4.43. The Bertz CT molecular complexity index is 51.7. The second kappa shape index (κ2) is 2.45. The van der Waals surface area contributed by atoms with Crippen molar-refractivity contribution in [2.24, 2.45) is 0 Å². The molecular formula is C4H9O2Si. The summed E-state index contributed by atoms with van der Waals surface area (Å²) in [6, 6.07) is 0.847. The van der Waals surface area contributed by atoms with E-state index < -0.39 is 9.28 Å². The summed E-state index contributed by atoms with van der Waals surface area (Å²) in [6.45, 7) is 0.736. The molecular weight excluding hydrogens is 108 g/mol. The molecule has 0 bridgehead atoms. The Hall–Kier alpha value is 0.137. The zero-order valence-electron chi connectivity index (χ0n) is 4.22. The van der Waals surface area contributed by atoms with Gasteiger partial charge in [0.1, 0.15) is 0 Å². The van der Waals surface area contributed by atoms with Crippen LogP contribution in [0.25, 0.3) is 0 Å². The van der Waals surface area contributed by atoms with Crippen LogP contribution in [-0.4, -0.2) is 15.9 Å². The van der Waals surface area contributed by atoms with E-state index in [0.29, 0.717) is 0 Å². The van der Waals surface area contributed by atoms with Gasteiger partial charge in [-0.15, -0.1) is 0 Å². The minimum absolute atomic E-state index is 0.736. The van der Waals surface area contributed by atoms with Crippen LogP contribution in [-0.2, 0) is 9.22 Å².